The minimum atomic E-state index is -0.272. The number of nitrogens with zero attached hydrogens (tertiary/aromatic N) is 2. The van der Waals surface area contributed by atoms with Gasteiger partial charge in [-0.05, 0) is 54.3 Å². The maximum atomic E-state index is 12.2. The third-order valence-corrected chi connectivity index (χ3v) is 5.09. The molecule has 6 bridgehead atoms. The molecule has 0 atom stereocenters. The first kappa shape index (κ1) is 20.9. The second-order valence-corrected chi connectivity index (χ2v) is 7.49. The zero-order valence-corrected chi connectivity index (χ0v) is 17.8. The van der Waals surface area contributed by atoms with E-state index in [0.29, 0.717) is 29.9 Å². The third kappa shape index (κ3) is 5.42. The molecule has 8 nitrogen and oxygen atoms in total. The number of nitrogens with one attached hydrogen (secondary N) is 4. The molecule has 4 rings (SSSR count). The van der Waals surface area contributed by atoms with Gasteiger partial charge in [0.1, 0.15) is 5.02 Å². The number of hydrogen-bond acceptors (Lipinski definition) is 6. The Morgan fingerprint density at radius 2 is 2.03 bits per heavy atom. The highest BCUT2D eigenvalue weighted by molar-refractivity contribution is 6.32. The Kier molecular flexibility index (Phi) is 6.49. The van der Waals surface area contributed by atoms with E-state index < -0.39 is 0 Å². The van der Waals surface area contributed by atoms with Crippen molar-refractivity contribution >= 4 is 46.5 Å². The van der Waals surface area contributed by atoms with Crippen LogP contribution in [-0.4, -0.2) is 36.3 Å². The minimum absolute atomic E-state index is 0.272. The minimum Gasteiger partial charge on any atom is -0.383 e. The van der Waals surface area contributed by atoms with Crippen molar-refractivity contribution < 1.29 is 9.53 Å². The summed E-state index contributed by atoms with van der Waals surface area (Å²) in [6.07, 6.45) is 3.10. The number of ether oxygens (including phenoxy) is 1. The Hall–Kier alpha value is -3.36. The summed E-state index contributed by atoms with van der Waals surface area (Å²) in [5.41, 5.74) is 4.62. The Bertz CT molecular complexity index is 1090. The van der Waals surface area contributed by atoms with E-state index in [1.165, 1.54) is 0 Å². The normalized spacial score (nSPS) is 12.3. The van der Waals surface area contributed by atoms with Gasteiger partial charge in [0.25, 0.3) is 0 Å². The summed E-state index contributed by atoms with van der Waals surface area (Å²) in [5, 5.41) is 12.6. The van der Waals surface area contributed by atoms with Crippen LogP contribution < -0.4 is 21.3 Å². The molecular weight excluding hydrogens is 416 g/mol. The van der Waals surface area contributed by atoms with E-state index in [1.807, 2.05) is 30.3 Å². The van der Waals surface area contributed by atoms with Gasteiger partial charge in [-0.25, -0.2) is 9.78 Å². The molecule has 31 heavy (non-hydrogen) atoms. The van der Waals surface area contributed by atoms with Gasteiger partial charge in [0, 0.05) is 30.7 Å². The molecule has 1 aromatic heterocycles. The number of carbonyl (C=O) groups excluding carboxylic acids is 1. The number of urea groups is 1. The summed E-state index contributed by atoms with van der Waals surface area (Å²) in [4.78, 5) is 21.0. The zero-order chi connectivity index (χ0) is 21.6. The fourth-order valence-electron chi connectivity index (χ4n) is 3.30. The second-order valence-electron chi connectivity index (χ2n) is 7.09. The second kappa shape index (κ2) is 9.63. The van der Waals surface area contributed by atoms with Crippen molar-refractivity contribution in [3.8, 4) is 0 Å². The van der Waals surface area contributed by atoms with Crippen molar-refractivity contribution in [1.29, 1.82) is 0 Å². The number of aromatic nitrogens is 2. The summed E-state index contributed by atoms with van der Waals surface area (Å²) in [7, 11) is 1.60. The molecule has 0 fully saturated rings. The van der Waals surface area contributed by atoms with Crippen LogP contribution in [0, 0.1) is 0 Å². The van der Waals surface area contributed by atoms with Crippen molar-refractivity contribution in [3.63, 3.8) is 0 Å². The number of halogens is 1. The summed E-state index contributed by atoms with van der Waals surface area (Å²) < 4.78 is 4.97. The lowest BCUT2D eigenvalue weighted by atomic mass is 10.0. The van der Waals surface area contributed by atoms with Crippen LogP contribution in [0.4, 0.5) is 33.6 Å². The molecule has 0 saturated heterocycles. The SMILES string of the molecule is COCCNC(=O)Nc1ccc2cc1CCc1cccc(c1)Nc1ncc(Cl)c(n1)N2. The molecule has 3 aromatic rings. The lowest BCUT2D eigenvalue weighted by Crippen LogP contribution is -2.31. The molecular formula is C22H23ClN6O2. The highest BCUT2D eigenvalue weighted by Crippen LogP contribution is 2.29. The Morgan fingerprint density at radius 1 is 1.16 bits per heavy atom. The molecule has 0 spiro atoms. The van der Waals surface area contributed by atoms with E-state index in [-0.39, 0.29) is 6.03 Å². The van der Waals surface area contributed by atoms with Crippen molar-refractivity contribution in [1.82, 2.24) is 15.3 Å². The number of rotatable bonds is 4. The van der Waals surface area contributed by atoms with Gasteiger partial charge in [-0.2, -0.15) is 4.98 Å². The summed E-state index contributed by atoms with van der Waals surface area (Å²) in [5.74, 6) is 0.952. The summed E-state index contributed by atoms with van der Waals surface area (Å²) in [6.45, 7) is 0.890. The average Bonchev–Trinajstić information content (AvgIpc) is 2.76. The third-order valence-electron chi connectivity index (χ3n) is 4.82. The van der Waals surface area contributed by atoms with Crippen LogP contribution in [0.15, 0.2) is 48.7 Å². The highest BCUT2D eigenvalue weighted by atomic mass is 35.5. The van der Waals surface area contributed by atoms with Gasteiger partial charge in [0.15, 0.2) is 5.82 Å². The average molecular weight is 439 g/mol. The molecule has 4 N–H and O–H groups in total. The van der Waals surface area contributed by atoms with E-state index in [2.05, 4.69) is 43.4 Å². The van der Waals surface area contributed by atoms with Crippen LogP contribution in [0.1, 0.15) is 11.1 Å². The Morgan fingerprint density at radius 3 is 2.90 bits per heavy atom. The molecule has 2 amide bonds. The van der Waals surface area contributed by atoms with Crippen molar-refractivity contribution in [2.24, 2.45) is 0 Å². The van der Waals surface area contributed by atoms with Gasteiger partial charge >= 0.3 is 6.03 Å². The number of hydrogen-bond donors (Lipinski definition) is 4. The molecule has 1 aliphatic heterocycles. The predicted molar refractivity (Wildman–Crippen MR) is 123 cm³/mol. The predicted octanol–water partition coefficient (Wildman–Crippen LogP) is 4.48. The standard InChI is InChI=1S/C22H23ClN6O2/c1-31-10-9-24-22(30)28-19-8-7-17-12-15(19)6-5-14-3-2-4-16(11-14)27-21-25-13-18(23)20(26-17)29-21/h2-4,7-8,11-13H,5-6,9-10H2,1H3,(H2,24,28,30)(H2,25,26,27,29). The molecule has 0 radical (unpaired) electrons. The summed E-state index contributed by atoms with van der Waals surface area (Å²) >= 11 is 6.30. The summed E-state index contributed by atoms with van der Waals surface area (Å²) in [6, 6.07) is 13.6. The molecule has 2 aromatic carbocycles. The number of anilines is 5. The lowest BCUT2D eigenvalue weighted by Gasteiger charge is -2.15. The number of aryl methyl sites for hydroxylation is 2. The number of fused-ring (bicyclic) bond motifs is 6. The highest BCUT2D eigenvalue weighted by Gasteiger charge is 2.12. The Labute approximate surface area is 185 Å². The molecule has 9 heteroatoms. The number of benzene rings is 2. The first-order valence-electron chi connectivity index (χ1n) is 9.93. The molecule has 0 aliphatic carbocycles. The van der Waals surface area contributed by atoms with E-state index in [1.54, 1.807) is 13.3 Å². The van der Waals surface area contributed by atoms with Crippen molar-refractivity contribution in [2.75, 3.05) is 36.2 Å². The van der Waals surface area contributed by atoms with Crippen LogP contribution >= 0.6 is 11.6 Å². The van der Waals surface area contributed by atoms with Crippen LogP contribution in [0.3, 0.4) is 0 Å². The van der Waals surface area contributed by atoms with Gasteiger partial charge in [-0.3, -0.25) is 0 Å². The zero-order valence-electron chi connectivity index (χ0n) is 17.0. The van der Waals surface area contributed by atoms with Crippen molar-refractivity contribution in [3.05, 3.63) is 64.8 Å². The number of methoxy groups -OCH3 is 1. The number of carbonyl (C=O) groups is 1. The van der Waals surface area contributed by atoms with E-state index >= 15 is 0 Å². The molecule has 2 heterocycles. The molecule has 1 aliphatic rings. The quantitative estimate of drug-likeness (QED) is 0.448. The first-order valence-corrected chi connectivity index (χ1v) is 10.3. The first-order chi connectivity index (χ1) is 15.1. The fraction of sp³-hybridized carbons (Fsp3) is 0.227. The maximum Gasteiger partial charge on any atom is 0.319 e. The molecule has 0 saturated carbocycles. The van der Waals surface area contributed by atoms with Crippen LogP contribution in [0.2, 0.25) is 5.02 Å². The van der Waals surface area contributed by atoms with E-state index in [0.717, 1.165) is 41.0 Å². The van der Waals surface area contributed by atoms with Crippen LogP contribution in [0.25, 0.3) is 0 Å². The van der Waals surface area contributed by atoms with Gasteiger partial charge in [-0.1, -0.05) is 23.7 Å². The number of amides is 2. The maximum absolute atomic E-state index is 12.2. The van der Waals surface area contributed by atoms with Crippen LogP contribution in [0.5, 0.6) is 0 Å². The monoisotopic (exact) mass is 438 g/mol. The van der Waals surface area contributed by atoms with E-state index in [4.69, 9.17) is 16.3 Å². The lowest BCUT2D eigenvalue weighted by molar-refractivity contribution is 0.198. The largest absolute Gasteiger partial charge is 0.383 e. The van der Waals surface area contributed by atoms with Crippen LogP contribution in [-0.2, 0) is 17.6 Å². The van der Waals surface area contributed by atoms with Gasteiger partial charge in [0.2, 0.25) is 5.95 Å². The Balaban J connectivity index is 1.66. The van der Waals surface area contributed by atoms with Gasteiger partial charge < -0.3 is 26.0 Å². The van der Waals surface area contributed by atoms with Crippen molar-refractivity contribution in [2.45, 2.75) is 12.8 Å². The van der Waals surface area contributed by atoms with Gasteiger partial charge in [-0.15, -0.1) is 0 Å². The molecule has 160 valence electrons. The topological polar surface area (TPSA) is 100 Å². The molecule has 0 unspecified atom stereocenters. The van der Waals surface area contributed by atoms with Gasteiger partial charge in [0.05, 0.1) is 12.8 Å². The van der Waals surface area contributed by atoms with E-state index in [9.17, 15) is 4.79 Å². The smallest absolute Gasteiger partial charge is 0.319 e. The fourth-order valence-corrected chi connectivity index (χ4v) is 3.44.